The van der Waals surface area contributed by atoms with Gasteiger partial charge in [-0.15, -0.1) is 0 Å². The summed E-state index contributed by atoms with van der Waals surface area (Å²) in [6, 6.07) is 10.6. The van der Waals surface area contributed by atoms with E-state index < -0.39 is 17.8 Å². The van der Waals surface area contributed by atoms with E-state index in [1.807, 2.05) is 12.1 Å². The van der Waals surface area contributed by atoms with Gasteiger partial charge in [-0.2, -0.15) is 0 Å². The average molecular weight is 281 g/mol. The minimum Gasteiger partial charge on any atom is -0.478 e. The first-order chi connectivity index (χ1) is 10.1. The van der Waals surface area contributed by atoms with Gasteiger partial charge in [-0.1, -0.05) is 30.3 Å². The van der Waals surface area contributed by atoms with Gasteiger partial charge >= 0.3 is 5.97 Å². The Bertz CT molecular complexity index is 756. The average Bonchev–Trinajstić information content (AvgIpc) is 2.47. The van der Waals surface area contributed by atoms with Gasteiger partial charge in [0.2, 0.25) is 0 Å². The van der Waals surface area contributed by atoms with Gasteiger partial charge in [0.15, 0.2) is 0 Å². The van der Waals surface area contributed by atoms with E-state index in [0.717, 1.165) is 16.4 Å². The number of imide groups is 1. The molecule has 0 unspecified atom stereocenters. The van der Waals surface area contributed by atoms with Crippen molar-refractivity contribution in [3.05, 3.63) is 59.7 Å². The molecule has 0 spiro atoms. The SMILES string of the molecule is O=C(O)C=CCN1C(=O)c2cccc3cccc(c23)C1=O. The van der Waals surface area contributed by atoms with Crippen molar-refractivity contribution in [2.45, 2.75) is 0 Å². The van der Waals surface area contributed by atoms with Crippen molar-refractivity contribution >= 4 is 28.6 Å². The normalized spacial score (nSPS) is 14.2. The second kappa shape index (κ2) is 4.86. The molecule has 0 atom stereocenters. The molecule has 3 rings (SSSR count). The largest absolute Gasteiger partial charge is 0.478 e. The van der Waals surface area contributed by atoms with Crippen molar-refractivity contribution in [1.82, 2.24) is 4.90 Å². The van der Waals surface area contributed by atoms with Crippen LogP contribution in [0.25, 0.3) is 10.8 Å². The van der Waals surface area contributed by atoms with Crippen molar-refractivity contribution < 1.29 is 19.5 Å². The topological polar surface area (TPSA) is 74.7 Å². The van der Waals surface area contributed by atoms with Crippen LogP contribution in [0.4, 0.5) is 0 Å². The maximum atomic E-state index is 12.4. The molecule has 0 saturated carbocycles. The summed E-state index contributed by atoms with van der Waals surface area (Å²) in [5, 5.41) is 10.1. The third-order valence-corrected chi connectivity index (χ3v) is 3.40. The molecule has 1 heterocycles. The third-order valence-electron chi connectivity index (χ3n) is 3.40. The van der Waals surface area contributed by atoms with Crippen LogP contribution in [0.1, 0.15) is 20.7 Å². The third kappa shape index (κ3) is 2.08. The number of carboxylic acid groups (broad SMARTS) is 1. The van der Waals surface area contributed by atoms with Crippen molar-refractivity contribution in [1.29, 1.82) is 0 Å². The summed E-state index contributed by atoms with van der Waals surface area (Å²) in [5.41, 5.74) is 0.929. The molecule has 0 aromatic heterocycles. The van der Waals surface area contributed by atoms with Crippen molar-refractivity contribution in [3.63, 3.8) is 0 Å². The zero-order valence-electron chi connectivity index (χ0n) is 10.9. The Morgan fingerprint density at radius 2 is 1.62 bits per heavy atom. The smallest absolute Gasteiger partial charge is 0.328 e. The summed E-state index contributed by atoms with van der Waals surface area (Å²) in [6.45, 7) is -0.0608. The lowest BCUT2D eigenvalue weighted by atomic mass is 9.94. The van der Waals surface area contributed by atoms with Gasteiger partial charge in [-0.05, 0) is 17.5 Å². The molecule has 104 valence electrons. The molecular formula is C16H11NO4. The monoisotopic (exact) mass is 281 g/mol. The Hall–Kier alpha value is -2.95. The Kier molecular flexibility index (Phi) is 3.02. The molecule has 0 fully saturated rings. The number of amides is 2. The Balaban J connectivity index is 2.09. The van der Waals surface area contributed by atoms with E-state index in [0.29, 0.717) is 16.5 Å². The van der Waals surface area contributed by atoms with E-state index in [-0.39, 0.29) is 6.54 Å². The molecular weight excluding hydrogens is 270 g/mol. The minimum atomic E-state index is -1.12. The van der Waals surface area contributed by atoms with Crippen LogP contribution in [0.5, 0.6) is 0 Å². The van der Waals surface area contributed by atoms with Crippen LogP contribution in [-0.2, 0) is 4.79 Å². The predicted octanol–water partition coefficient (Wildman–Crippen LogP) is 2.08. The van der Waals surface area contributed by atoms with E-state index >= 15 is 0 Å². The second-order valence-electron chi connectivity index (χ2n) is 4.67. The number of carbonyl (C=O) groups excluding carboxylic acids is 2. The van der Waals surface area contributed by atoms with Crippen molar-refractivity contribution in [3.8, 4) is 0 Å². The van der Waals surface area contributed by atoms with Gasteiger partial charge in [0, 0.05) is 29.1 Å². The summed E-state index contributed by atoms with van der Waals surface area (Å²) < 4.78 is 0. The molecule has 21 heavy (non-hydrogen) atoms. The van der Waals surface area contributed by atoms with Gasteiger partial charge < -0.3 is 5.11 Å². The molecule has 2 aromatic rings. The van der Waals surface area contributed by atoms with Gasteiger partial charge in [0.25, 0.3) is 11.8 Å². The highest BCUT2D eigenvalue weighted by molar-refractivity contribution is 6.25. The second-order valence-corrected chi connectivity index (χ2v) is 4.67. The van der Waals surface area contributed by atoms with Gasteiger partial charge in [0.1, 0.15) is 0 Å². The quantitative estimate of drug-likeness (QED) is 0.690. The highest BCUT2D eigenvalue weighted by Gasteiger charge is 2.31. The van der Waals surface area contributed by atoms with Gasteiger partial charge in [0.05, 0.1) is 0 Å². The molecule has 1 aliphatic rings. The number of carboxylic acids is 1. The standard InChI is InChI=1S/C16H11NO4/c18-13(19)8-3-9-17-15(20)11-6-1-4-10-5-2-7-12(14(10)11)16(17)21/h1-8H,9H2,(H,18,19). The molecule has 0 bridgehead atoms. The molecule has 5 heteroatoms. The van der Waals surface area contributed by atoms with Crippen LogP contribution >= 0.6 is 0 Å². The van der Waals surface area contributed by atoms with Crippen LogP contribution in [0.2, 0.25) is 0 Å². The maximum absolute atomic E-state index is 12.4. The fourth-order valence-electron chi connectivity index (χ4n) is 2.51. The lowest BCUT2D eigenvalue weighted by Crippen LogP contribution is -2.40. The highest BCUT2D eigenvalue weighted by Crippen LogP contribution is 2.29. The summed E-state index contributed by atoms with van der Waals surface area (Å²) in [5.74, 6) is -1.92. The fourth-order valence-corrected chi connectivity index (χ4v) is 2.51. The Morgan fingerprint density at radius 3 is 2.14 bits per heavy atom. The van der Waals surface area contributed by atoms with Crippen LogP contribution in [-0.4, -0.2) is 34.3 Å². The molecule has 0 aliphatic carbocycles. The number of benzene rings is 2. The number of hydrogen-bond donors (Lipinski definition) is 1. The van der Waals surface area contributed by atoms with Crippen LogP contribution < -0.4 is 0 Å². The summed E-state index contributed by atoms with van der Waals surface area (Å²) in [6.07, 6.45) is 2.20. The first kappa shape index (κ1) is 13.1. The zero-order valence-corrected chi connectivity index (χ0v) is 10.9. The van der Waals surface area contributed by atoms with Crippen LogP contribution in [0.3, 0.4) is 0 Å². The van der Waals surface area contributed by atoms with Crippen molar-refractivity contribution in [2.75, 3.05) is 6.54 Å². The Morgan fingerprint density at radius 1 is 1.05 bits per heavy atom. The van der Waals surface area contributed by atoms with Crippen LogP contribution in [0.15, 0.2) is 48.6 Å². The Labute approximate surface area is 120 Å². The van der Waals surface area contributed by atoms with Crippen LogP contribution in [0, 0.1) is 0 Å². The molecule has 2 amide bonds. The minimum absolute atomic E-state index is 0.0608. The number of rotatable bonds is 3. The zero-order chi connectivity index (χ0) is 15.0. The van der Waals surface area contributed by atoms with Gasteiger partial charge in [-0.25, -0.2) is 4.79 Å². The molecule has 5 nitrogen and oxygen atoms in total. The number of nitrogens with zero attached hydrogens (tertiary/aromatic N) is 1. The predicted molar refractivity (Wildman–Crippen MR) is 76.1 cm³/mol. The van der Waals surface area contributed by atoms with E-state index in [2.05, 4.69) is 0 Å². The number of carbonyl (C=O) groups is 3. The van der Waals surface area contributed by atoms with E-state index in [1.54, 1.807) is 24.3 Å². The number of hydrogen-bond acceptors (Lipinski definition) is 3. The summed E-state index contributed by atoms with van der Waals surface area (Å²) >= 11 is 0. The summed E-state index contributed by atoms with van der Waals surface area (Å²) in [7, 11) is 0. The van der Waals surface area contributed by atoms with Gasteiger partial charge in [-0.3, -0.25) is 14.5 Å². The lowest BCUT2D eigenvalue weighted by Gasteiger charge is -2.26. The fraction of sp³-hybridized carbons (Fsp3) is 0.0625. The van der Waals surface area contributed by atoms with E-state index in [9.17, 15) is 14.4 Å². The highest BCUT2D eigenvalue weighted by atomic mass is 16.4. The molecule has 1 aliphatic heterocycles. The van der Waals surface area contributed by atoms with E-state index in [4.69, 9.17) is 5.11 Å². The number of aliphatic carboxylic acids is 1. The first-order valence-corrected chi connectivity index (χ1v) is 6.37. The molecule has 1 N–H and O–H groups in total. The molecule has 0 radical (unpaired) electrons. The van der Waals surface area contributed by atoms with E-state index in [1.165, 1.54) is 6.08 Å². The van der Waals surface area contributed by atoms with Crippen molar-refractivity contribution in [2.24, 2.45) is 0 Å². The molecule has 2 aromatic carbocycles. The lowest BCUT2D eigenvalue weighted by molar-refractivity contribution is -0.131. The first-order valence-electron chi connectivity index (χ1n) is 6.37. The molecule has 0 saturated heterocycles. The summed E-state index contributed by atoms with van der Waals surface area (Å²) in [4.78, 5) is 36.4. The maximum Gasteiger partial charge on any atom is 0.328 e.